The first-order valence-electron chi connectivity index (χ1n) is 4.94. The molecule has 0 saturated heterocycles. The van der Waals surface area contributed by atoms with Crippen LogP contribution in [0.3, 0.4) is 0 Å². The van der Waals surface area contributed by atoms with E-state index >= 15 is 0 Å². The van der Waals surface area contributed by atoms with Crippen LogP contribution in [0.5, 0.6) is 0 Å². The monoisotopic (exact) mass is 237 g/mol. The molecule has 16 heavy (non-hydrogen) atoms. The first-order chi connectivity index (χ1) is 7.68. The highest BCUT2D eigenvalue weighted by molar-refractivity contribution is 6.31. The first-order valence-corrected chi connectivity index (χ1v) is 5.31. The highest BCUT2D eigenvalue weighted by Gasteiger charge is 2.14. The van der Waals surface area contributed by atoms with Crippen LogP contribution in [0.15, 0.2) is 30.6 Å². The molecule has 84 valence electrons. The fourth-order valence-electron chi connectivity index (χ4n) is 1.53. The van der Waals surface area contributed by atoms with Crippen molar-refractivity contribution in [2.24, 2.45) is 7.05 Å². The SMILES string of the molecule is Cn1ncnc1CC(O)c1ccccc1Cl. The number of aryl methyl sites for hydroxylation is 1. The fourth-order valence-corrected chi connectivity index (χ4v) is 1.79. The van der Waals surface area contributed by atoms with Crippen LogP contribution in [0.4, 0.5) is 0 Å². The van der Waals surface area contributed by atoms with Gasteiger partial charge in [0.05, 0.1) is 6.10 Å². The lowest BCUT2D eigenvalue weighted by molar-refractivity contribution is 0.174. The summed E-state index contributed by atoms with van der Waals surface area (Å²) in [6, 6.07) is 7.25. The maximum Gasteiger partial charge on any atom is 0.138 e. The van der Waals surface area contributed by atoms with Gasteiger partial charge in [0, 0.05) is 18.5 Å². The molecule has 0 bridgehead atoms. The molecule has 0 fully saturated rings. The molecule has 0 aliphatic carbocycles. The van der Waals surface area contributed by atoms with Crippen molar-refractivity contribution in [1.29, 1.82) is 0 Å². The summed E-state index contributed by atoms with van der Waals surface area (Å²) >= 11 is 6.00. The Hall–Kier alpha value is -1.39. The Morgan fingerprint density at radius 3 is 2.81 bits per heavy atom. The standard InChI is InChI=1S/C11H12ClN3O/c1-15-11(13-7-14-15)6-10(16)8-4-2-3-5-9(8)12/h2-5,7,10,16H,6H2,1H3. The second-order valence-electron chi connectivity index (χ2n) is 3.54. The molecule has 0 amide bonds. The molecule has 0 radical (unpaired) electrons. The Kier molecular flexibility index (Phi) is 3.22. The third-order valence-corrected chi connectivity index (χ3v) is 2.79. The number of rotatable bonds is 3. The van der Waals surface area contributed by atoms with Gasteiger partial charge < -0.3 is 5.11 Å². The van der Waals surface area contributed by atoms with Gasteiger partial charge in [-0.15, -0.1) is 0 Å². The van der Waals surface area contributed by atoms with Crippen LogP contribution in [0, 0.1) is 0 Å². The molecule has 1 aromatic carbocycles. The van der Waals surface area contributed by atoms with Gasteiger partial charge in [0.1, 0.15) is 12.2 Å². The third kappa shape index (κ3) is 2.23. The lowest BCUT2D eigenvalue weighted by Gasteiger charge is -2.11. The lowest BCUT2D eigenvalue weighted by Crippen LogP contribution is -2.08. The molecule has 0 spiro atoms. The van der Waals surface area contributed by atoms with Gasteiger partial charge in [0.15, 0.2) is 0 Å². The summed E-state index contributed by atoms with van der Waals surface area (Å²) in [6.45, 7) is 0. The van der Waals surface area contributed by atoms with Crippen LogP contribution in [-0.2, 0) is 13.5 Å². The van der Waals surface area contributed by atoms with Crippen LogP contribution in [0.1, 0.15) is 17.5 Å². The third-order valence-electron chi connectivity index (χ3n) is 2.45. The molecule has 1 atom stereocenters. The second-order valence-corrected chi connectivity index (χ2v) is 3.95. The van der Waals surface area contributed by atoms with Crippen molar-refractivity contribution in [2.45, 2.75) is 12.5 Å². The van der Waals surface area contributed by atoms with Crippen molar-refractivity contribution in [3.63, 3.8) is 0 Å². The van der Waals surface area contributed by atoms with E-state index in [1.54, 1.807) is 17.8 Å². The lowest BCUT2D eigenvalue weighted by atomic mass is 10.1. The molecule has 5 heteroatoms. The molecule has 2 rings (SSSR count). The van der Waals surface area contributed by atoms with Crippen molar-refractivity contribution >= 4 is 11.6 Å². The van der Waals surface area contributed by atoms with E-state index in [0.29, 0.717) is 17.0 Å². The van der Waals surface area contributed by atoms with Gasteiger partial charge in [-0.05, 0) is 11.6 Å². The van der Waals surface area contributed by atoms with E-state index < -0.39 is 6.10 Å². The number of benzene rings is 1. The topological polar surface area (TPSA) is 50.9 Å². The van der Waals surface area contributed by atoms with Crippen LogP contribution in [0.2, 0.25) is 5.02 Å². The Morgan fingerprint density at radius 1 is 1.44 bits per heavy atom. The highest BCUT2D eigenvalue weighted by Crippen LogP contribution is 2.24. The van der Waals surface area contributed by atoms with Gasteiger partial charge in [-0.2, -0.15) is 5.10 Å². The van der Waals surface area contributed by atoms with E-state index in [4.69, 9.17) is 11.6 Å². The van der Waals surface area contributed by atoms with Gasteiger partial charge in [-0.25, -0.2) is 4.98 Å². The Labute approximate surface area is 98.5 Å². The van der Waals surface area contributed by atoms with Crippen LogP contribution in [-0.4, -0.2) is 19.9 Å². The Morgan fingerprint density at radius 2 is 2.19 bits per heavy atom. The average molecular weight is 238 g/mol. The summed E-state index contributed by atoms with van der Waals surface area (Å²) in [5.41, 5.74) is 0.715. The normalized spacial score (nSPS) is 12.7. The quantitative estimate of drug-likeness (QED) is 0.885. The van der Waals surface area contributed by atoms with E-state index in [1.165, 1.54) is 6.33 Å². The molecule has 1 N–H and O–H groups in total. The van der Waals surface area contributed by atoms with Crippen molar-refractivity contribution in [2.75, 3.05) is 0 Å². The molecule has 4 nitrogen and oxygen atoms in total. The first kappa shape index (κ1) is 11.1. The zero-order chi connectivity index (χ0) is 11.5. The van der Waals surface area contributed by atoms with E-state index in [9.17, 15) is 5.11 Å². The maximum absolute atomic E-state index is 10.0. The Balaban J connectivity index is 2.18. The number of aliphatic hydroxyl groups excluding tert-OH is 1. The molecule has 1 aromatic heterocycles. The van der Waals surface area contributed by atoms with Gasteiger partial charge in [0.25, 0.3) is 0 Å². The van der Waals surface area contributed by atoms with Crippen molar-refractivity contribution in [3.8, 4) is 0 Å². The molecular weight excluding hydrogens is 226 g/mol. The minimum Gasteiger partial charge on any atom is -0.388 e. The summed E-state index contributed by atoms with van der Waals surface area (Å²) in [4.78, 5) is 4.06. The van der Waals surface area contributed by atoms with Crippen LogP contribution < -0.4 is 0 Å². The maximum atomic E-state index is 10.0. The molecule has 1 unspecified atom stereocenters. The van der Waals surface area contributed by atoms with Crippen molar-refractivity contribution in [3.05, 3.63) is 47.0 Å². The van der Waals surface area contributed by atoms with Crippen LogP contribution in [0.25, 0.3) is 0 Å². The molecular formula is C11H12ClN3O. The summed E-state index contributed by atoms with van der Waals surface area (Å²) in [5, 5.41) is 14.5. The zero-order valence-electron chi connectivity index (χ0n) is 8.84. The van der Waals surface area contributed by atoms with Crippen molar-refractivity contribution < 1.29 is 5.11 Å². The van der Waals surface area contributed by atoms with Gasteiger partial charge in [-0.3, -0.25) is 4.68 Å². The number of hydrogen-bond acceptors (Lipinski definition) is 3. The van der Waals surface area contributed by atoms with Gasteiger partial charge >= 0.3 is 0 Å². The average Bonchev–Trinajstić information content (AvgIpc) is 2.65. The van der Waals surface area contributed by atoms with E-state index in [-0.39, 0.29) is 0 Å². The number of hydrogen-bond donors (Lipinski definition) is 1. The largest absolute Gasteiger partial charge is 0.388 e. The smallest absolute Gasteiger partial charge is 0.138 e. The predicted octanol–water partition coefficient (Wildman–Crippen LogP) is 1.74. The van der Waals surface area contributed by atoms with E-state index in [2.05, 4.69) is 10.1 Å². The molecule has 0 saturated carbocycles. The van der Waals surface area contributed by atoms with E-state index in [1.807, 2.05) is 18.2 Å². The summed E-state index contributed by atoms with van der Waals surface area (Å²) in [6.07, 6.45) is 1.21. The fraction of sp³-hybridized carbons (Fsp3) is 0.273. The number of aliphatic hydroxyl groups is 1. The molecule has 2 aromatic rings. The Bertz CT molecular complexity index is 484. The molecule has 1 heterocycles. The number of aromatic nitrogens is 3. The summed E-state index contributed by atoms with van der Waals surface area (Å²) in [5.74, 6) is 0.729. The summed E-state index contributed by atoms with van der Waals surface area (Å²) < 4.78 is 1.64. The minimum absolute atomic E-state index is 0.403. The van der Waals surface area contributed by atoms with E-state index in [0.717, 1.165) is 5.82 Å². The van der Waals surface area contributed by atoms with Crippen LogP contribution >= 0.6 is 11.6 Å². The predicted molar refractivity (Wildman–Crippen MR) is 61.1 cm³/mol. The summed E-state index contributed by atoms with van der Waals surface area (Å²) in [7, 11) is 1.79. The zero-order valence-corrected chi connectivity index (χ0v) is 9.59. The second kappa shape index (κ2) is 4.63. The minimum atomic E-state index is -0.656. The molecule has 0 aliphatic rings. The number of nitrogens with zero attached hydrogens (tertiary/aromatic N) is 3. The van der Waals surface area contributed by atoms with Gasteiger partial charge in [0.2, 0.25) is 0 Å². The highest BCUT2D eigenvalue weighted by atomic mass is 35.5. The number of halogens is 1. The van der Waals surface area contributed by atoms with Crippen molar-refractivity contribution in [1.82, 2.24) is 14.8 Å². The molecule has 0 aliphatic heterocycles. The van der Waals surface area contributed by atoms with Gasteiger partial charge in [-0.1, -0.05) is 29.8 Å².